The Labute approximate surface area is 124 Å². The fraction of sp³-hybridized carbons (Fsp3) is 0.250. The van der Waals surface area contributed by atoms with Crippen LogP contribution in [0.2, 0.25) is 0 Å². The first-order valence-corrected chi connectivity index (χ1v) is 7.05. The van der Waals surface area contributed by atoms with Gasteiger partial charge in [-0.25, -0.2) is 5.10 Å². The van der Waals surface area contributed by atoms with Gasteiger partial charge in [0.25, 0.3) is 0 Å². The lowest BCUT2D eigenvalue weighted by atomic mass is 10.2. The Balaban J connectivity index is 1.63. The number of hydrogen-bond acceptors (Lipinski definition) is 7. The number of thioether (sulfide) groups is 1. The maximum atomic E-state index is 12.1. The summed E-state index contributed by atoms with van der Waals surface area (Å²) in [5.74, 6) is 1.35. The lowest BCUT2D eigenvalue weighted by molar-refractivity contribution is -0.115. The van der Waals surface area contributed by atoms with Crippen LogP contribution in [0.3, 0.4) is 0 Å². The quantitative estimate of drug-likeness (QED) is 0.728. The molecule has 1 aliphatic heterocycles. The maximum Gasteiger partial charge on any atom is 0.237 e. The Morgan fingerprint density at radius 2 is 2.29 bits per heavy atom. The molecule has 0 spiro atoms. The molecule has 1 aromatic heterocycles. The first-order chi connectivity index (χ1) is 10.1. The lowest BCUT2D eigenvalue weighted by Gasteiger charge is -2.10. The van der Waals surface area contributed by atoms with Crippen molar-refractivity contribution in [3.63, 3.8) is 0 Å². The van der Waals surface area contributed by atoms with Gasteiger partial charge in [-0.05, 0) is 19.1 Å². The molecule has 4 N–H and O–H groups in total. The number of nitrogens with two attached hydrogens (primary N) is 1. The van der Waals surface area contributed by atoms with Gasteiger partial charge in [0.1, 0.15) is 0 Å². The van der Waals surface area contributed by atoms with Gasteiger partial charge in [-0.3, -0.25) is 4.79 Å². The molecule has 1 aliphatic rings. The molecule has 1 atom stereocenters. The molecular weight excluding hydrogens is 294 g/mol. The molecule has 1 amide bonds. The molecule has 3 rings (SSSR count). The van der Waals surface area contributed by atoms with Crippen molar-refractivity contribution in [3.05, 3.63) is 18.2 Å². The Kier molecular flexibility index (Phi) is 3.57. The molecule has 0 saturated carbocycles. The topological polar surface area (TPSA) is 115 Å². The second-order valence-electron chi connectivity index (χ2n) is 4.32. The number of nitrogen functional groups attached to an aromatic ring is 1. The minimum atomic E-state index is -0.370. The van der Waals surface area contributed by atoms with Gasteiger partial charge in [0.2, 0.25) is 23.8 Å². The number of ether oxygens (including phenoxy) is 2. The molecule has 1 aromatic carbocycles. The van der Waals surface area contributed by atoms with Gasteiger partial charge < -0.3 is 20.5 Å². The van der Waals surface area contributed by atoms with Crippen LogP contribution in [-0.4, -0.2) is 33.1 Å². The second kappa shape index (κ2) is 5.52. The maximum absolute atomic E-state index is 12.1. The second-order valence-corrected chi connectivity index (χ2v) is 5.63. The molecule has 110 valence electrons. The van der Waals surface area contributed by atoms with E-state index in [1.807, 2.05) is 0 Å². The summed E-state index contributed by atoms with van der Waals surface area (Å²) in [5.41, 5.74) is 6.08. The standard InChI is InChI=1S/C12H13N5O3S/c1-6(21-12-15-11(13)16-17-12)10(18)14-7-2-3-8-9(4-7)20-5-19-8/h2-4,6H,5H2,1H3,(H,14,18)(H3,13,15,16,17)/t6-/m1/s1. The molecule has 0 bridgehead atoms. The molecule has 0 unspecified atom stereocenters. The van der Waals surface area contributed by atoms with Crippen molar-refractivity contribution >= 4 is 29.3 Å². The highest BCUT2D eigenvalue weighted by Gasteiger charge is 2.19. The third-order valence-corrected chi connectivity index (χ3v) is 3.73. The van der Waals surface area contributed by atoms with Crippen LogP contribution in [0.15, 0.2) is 23.4 Å². The number of nitrogens with one attached hydrogen (secondary N) is 2. The molecule has 9 heteroatoms. The number of rotatable bonds is 4. The molecule has 21 heavy (non-hydrogen) atoms. The van der Waals surface area contributed by atoms with Crippen molar-refractivity contribution in [3.8, 4) is 11.5 Å². The number of amides is 1. The van der Waals surface area contributed by atoms with Gasteiger partial charge >= 0.3 is 0 Å². The fourth-order valence-corrected chi connectivity index (χ4v) is 2.47. The van der Waals surface area contributed by atoms with Crippen molar-refractivity contribution < 1.29 is 14.3 Å². The van der Waals surface area contributed by atoms with E-state index in [0.717, 1.165) is 0 Å². The Morgan fingerprint density at radius 3 is 3.05 bits per heavy atom. The van der Waals surface area contributed by atoms with Crippen LogP contribution in [0.1, 0.15) is 6.92 Å². The predicted molar refractivity (Wildman–Crippen MR) is 77.3 cm³/mol. The molecule has 2 heterocycles. The summed E-state index contributed by atoms with van der Waals surface area (Å²) < 4.78 is 10.5. The lowest BCUT2D eigenvalue weighted by Crippen LogP contribution is -2.22. The van der Waals surface area contributed by atoms with Crippen molar-refractivity contribution in [1.29, 1.82) is 0 Å². The summed E-state index contributed by atoms with van der Waals surface area (Å²) in [7, 11) is 0. The molecule has 0 aliphatic carbocycles. The zero-order valence-corrected chi connectivity index (χ0v) is 11.9. The third kappa shape index (κ3) is 3.02. The number of anilines is 2. The summed E-state index contributed by atoms with van der Waals surface area (Å²) in [6.07, 6.45) is 0. The summed E-state index contributed by atoms with van der Waals surface area (Å²) in [6, 6.07) is 5.24. The van der Waals surface area contributed by atoms with E-state index in [1.165, 1.54) is 11.8 Å². The van der Waals surface area contributed by atoms with Crippen molar-refractivity contribution in [2.75, 3.05) is 17.8 Å². The Bertz CT molecular complexity index is 675. The summed E-state index contributed by atoms with van der Waals surface area (Å²) in [4.78, 5) is 16.1. The highest BCUT2D eigenvalue weighted by molar-refractivity contribution is 8.00. The average molecular weight is 307 g/mol. The van der Waals surface area contributed by atoms with E-state index in [0.29, 0.717) is 22.3 Å². The molecule has 0 radical (unpaired) electrons. The zero-order valence-electron chi connectivity index (χ0n) is 11.1. The van der Waals surface area contributed by atoms with Gasteiger partial charge in [0, 0.05) is 11.8 Å². The van der Waals surface area contributed by atoms with E-state index in [9.17, 15) is 4.79 Å². The molecule has 8 nitrogen and oxygen atoms in total. The minimum absolute atomic E-state index is 0.165. The summed E-state index contributed by atoms with van der Waals surface area (Å²) in [6.45, 7) is 1.96. The van der Waals surface area contributed by atoms with Crippen LogP contribution in [0.5, 0.6) is 11.5 Å². The number of aromatic amines is 1. The average Bonchev–Trinajstić information content (AvgIpc) is 3.07. The molecule has 0 fully saturated rings. The van der Waals surface area contributed by atoms with Crippen LogP contribution in [0.4, 0.5) is 11.6 Å². The number of hydrogen-bond donors (Lipinski definition) is 3. The van der Waals surface area contributed by atoms with E-state index in [4.69, 9.17) is 15.2 Å². The van der Waals surface area contributed by atoms with Crippen molar-refractivity contribution in [2.24, 2.45) is 0 Å². The number of nitrogens with zero attached hydrogens (tertiary/aromatic N) is 2. The van der Waals surface area contributed by atoms with Gasteiger partial charge in [-0.15, -0.1) is 5.10 Å². The Hall–Kier alpha value is -2.42. The summed E-state index contributed by atoms with van der Waals surface area (Å²) in [5, 5.41) is 9.27. The smallest absolute Gasteiger partial charge is 0.237 e. The van der Waals surface area contributed by atoms with Crippen molar-refractivity contribution in [1.82, 2.24) is 15.2 Å². The number of H-pyrrole nitrogens is 1. The highest BCUT2D eigenvalue weighted by Crippen LogP contribution is 2.34. The van der Waals surface area contributed by atoms with E-state index in [2.05, 4.69) is 20.5 Å². The van der Waals surface area contributed by atoms with Crippen molar-refractivity contribution in [2.45, 2.75) is 17.3 Å². The normalized spacial score (nSPS) is 14.0. The SMILES string of the molecule is C[C@@H](Sc1n[nH]c(N)n1)C(=O)Nc1ccc2c(c1)OCO2. The first-order valence-electron chi connectivity index (χ1n) is 6.17. The number of carbonyl (C=O) groups is 1. The fourth-order valence-electron chi connectivity index (χ4n) is 1.74. The minimum Gasteiger partial charge on any atom is -0.454 e. The van der Waals surface area contributed by atoms with E-state index in [1.54, 1.807) is 25.1 Å². The Morgan fingerprint density at radius 1 is 1.48 bits per heavy atom. The third-order valence-electron chi connectivity index (χ3n) is 2.77. The van der Waals surface area contributed by atoms with Gasteiger partial charge in [-0.2, -0.15) is 4.98 Å². The van der Waals surface area contributed by atoms with Crippen LogP contribution < -0.4 is 20.5 Å². The zero-order chi connectivity index (χ0) is 14.8. The van der Waals surface area contributed by atoms with E-state index < -0.39 is 0 Å². The number of fused-ring (bicyclic) bond motifs is 1. The number of benzene rings is 1. The van der Waals surface area contributed by atoms with E-state index >= 15 is 0 Å². The number of aromatic nitrogens is 3. The van der Waals surface area contributed by atoms with Crippen LogP contribution >= 0.6 is 11.8 Å². The largest absolute Gasteiger partial charge is 0.454 e. The predicted octanol–water partition coefficient (Wildman–Crippen LogP) is 1.23. The summed E-state index contributed by atoms with van der Waals surface area (Å²) >= 11 is 1.22. The van der Waals surface area contributed by atoms with Gasteiger partial charge in [0.05, 0.1) is 5.25 Å². The van der Waals surface area contributed by atoms with Crippen LogP contribution in [0.25, 0.3) is 0 Å². The van der Waals surface area contributed by atoms with Gasteiger partial charge in [-0.1, -0.05) is 11.8 Å². The molecular formula is C12H13N5O3S. The monoisotopic (exact) mass is 307 g/mol. The van der Waals surface area contributed by atoms with E-state index in [-0.39, 0.29) is 23.9 Å². The first kappa shape index (κ1) is 13.6. The molecule has 0 saturated heterocycles. The van der Waals surface area contributed by atoms with Gasteiger partial charge in [0.15, 0.2) is 11.5 Å². The highest BCUT2D eigenvalue weighted by atomic mass is 32.2. The van der Waals surface area contributed by atoms with Crippen LogP contribution in [0, 0.1) is 0 Å². The number of carbonyl (C=O) groups excluding carboxylic acids is 1. The van der Waals surface area contributed by atoms with Crippen LogP contribution in [-0.2, 0) is 4.79 Å². The molecule has 2 aromatic rings.